The van der Waals surface area contributed by atoms with Crippen LogP contribution in [0.5, 0.6) is 0 Å². The van der Waals surface area contributed by atoms with E-state index in [9.17, 15) is 9.18 Å². The fourth-order valence-corrected chi connectivity index (χ4v) is 2.12. The molecule has 2 unspecified atom stereocenters. The maximum absolute atomic E-state index is 13.1. The lowest BCUT2D eigenvalue weighted by molar-refractivity contribution is -0.122. The number of nitrogens with one attached hydrogen (secondary N) is 1. The Labute approximate surface area is 106 Å². The highest BCUT2D eigenvalue weighted by Gasteiger charge is 2.24. The van der Waals surface area contributed by atoms with E-state index in [1.807, 2.05) is 6.07 Å². The number of nitrogens with two attached hydrogens (primary N) is 1. The number of carbonyl (C=O) groups is 1. The number of nitrogens with zero attached hydrogens (tertiary/aromatic N) is 1. The quantitative estimate of drug-likeness (QED) is 0.838. The monoisotopic (exact) mass is 251 g/mol. The van der Waals surface area contributed by atoms with Crippen LogP contribution in [-0.4, -0.2) is 31.1 Å². The molecule has 0 saturated carbocycles. The molecule has 1 amide bonds. The highest BCUT2D eigenvalue weighted by Crippen LogP contribution is 2.20. The fraction of sp³-hybridized carbons (Fsp3) is 0.462. The number of halogens is 1. The highest BCUT2D eigenvalue weighted by molar-refractivity contribution is 5.81. The summed E-state index contributed by atoms with van der Waals surface area (Å²) in [7, 11) is 0. The van der Waals surface area contributed by atoms with Crippen molar-refractivity contribution in [2.75, 3.05) is 18.0 Å². The van der Waals surface area contributed by atoms with Gasteiger partial charge in [-0.05, 0) is 31.5 Å². The number of hydrogen-bond acceptors (Lipinski definition) is 3. The largest absolute Gasteiger partial charge is 0.369 e. The van der Waals surface area contributed by atoms with Crippen molar-refractivity contribution in [3.05, 3.63) is 30.1 Å². The lowest BCUT2D eigenvalue weighted by atomic mass is 10.2. The smallest absolute Gasteiger partial charge is 0.236 e. The lowest BCUT2D eigenvalue weighted by Crippen LogP contribution is -2.44. The normalized spacial score (nSPS) is 20.8. The fourth-order valence-electron chi connectivity index (χ4n) is 2.12. The molecule has 1 aliphatic rings. The predicted octanol–water partition coefficient (Wildman–Crippen LogP) is 0.868. The Balaban J connectivity index is 1.94. The zero-order valence-corrected chi connectivity index (χ0v) is 10.4. The number of amides is 1. The second-order valence-electron chi connectivity index (χ2n) is 4.71. The van der Waals surface area contributed by atoms with E-state index in [0.717, 1.165) is 18.7 Å². The highest BCUT2D eigenvalue weighted by atomic mass is 19.1. The SMILES string of the molecule is CC(N)C(=O)NC1CCN(c2cccc(F)c2)C1. The van der Waals surface area contributed by atoms with Crippen molar-refractivity contribution in [3.8, 4) is 0 Å². The van der Waals surface area contributed by atoms with Crippen molar-refractivity contribution in [1.82, 2.24) is 5.32 Å². The molecule has 0 aromatic heterocycles. The standard InChI is InChI=1S/C13H18FN3O/c1-9(15)13(18)16-11-5-6-17(8-11)12-4-2-3-10(14)7-12/h2-4,7,9,11H,5-6,8,15H2,1H3,(H,16,18). The van der Waals surface area contributed by atoms with E-state index in [4.69, 9.17) is 5.73 Å². The second-order valence-corrected chi connectivity index (χ2v) is 4.71. The zero-order valence-electron chi connectivity index (χ0n) is 10.4. The van der Waals surface area contributed by atoms with E-state index in [1.165, 1.54) is 12.1 Å². The van der Waals surface area contributed by atoms with E-state index >= 15 is 0 Å². The van der Waals surface area contributed by atoms with Gasteiger partial charge in [-0.1, -0.05) is 6.07 Å². The van der Waals surface area contributed by atoms with Gasteiger partial charge in [0, 0.05) is 24.8 Å². The number of anilines is 1. The molecule has 0 radical (unpaired) electrons. The molecular weight excluding hydrogens is 233 g/mol. The molecule has 1 saturated heterocycles. The Bertz CT molecular complexity index is 436. The summed E-state index contributed by atoms with van der Waals surface area (Å²) in [6.07, 6.45) is 0.856. The molecule has 0 spiro atoms. The third-order valence-electron chi connectivity index (χ3n) is 3.12. The van der Waals surface area contributed by atoms with E-state index in [0.29, 0.717) is 6.54 Å². The summed E-state index contributed by atoms with van der Waals surface area (Å²) in [5.41, 5.74) is 6.36. The van der Waals surface area contributed by atoms with Gasteiger partial charge in [0.1, 0.15) is 5.82 Å². The minimum absolute atomic E-state index is 0.0896. The van der Waals surface area contributed by atoms with Crippen LogP contribution in [0.2, 0.25) is 0 Å². The first-order valence-corrected chi connectivity index (χ1v) is 6.13. The van der Waals surface area contributed by atoms with Crippen LogP contribution in [0.15, 0.2) is 24.3 Å². The summed E-state index contributed by atoms with van der Waals surface area (Å²) in [5, 5.41) is 2.89. The first-order chi connectivity index (χ1) is 8.56. The Morgan fingerprint density at radius 2 is 2.39 bits per heavy atom. The Morgan fingerprint density at radius 3 is 3.06 bits per heavy atom. The number of carbonyl (C=O) groups excluding carboxylic acids is 1. The molecule has 5 heteroatoms. The van der Waals surface area contributed by atoms with Crippen LogP contribution in [0.1, 0.15) is 13.3 Å². The molecule has 0 aliphatic carbocycles. The van der Waals surface area contributed by atoms with E-state index in [1.54, 1.807) is 13.0 Å². The van der Waals surface area contributed by atoms with Crippen molar-refractivity contribution in [2.24, 2.45) is 5.73 Å². The molecule has 1 aliphatic heterocycles. The average Bonchev–Trinajstić information content (AvgIpc) is 2.77. The molecule has 1 aromatic rings. The Hall–Kier alpha value is -1.62. The predicted molar refractivity (Wildman–Crippen MR) is 68.8 cm³/mol. The third kappa shape index (κ3) is 2.98. The van der Waals surface area contributed by atoms with Gasteiger partial charge in [-0.2, -0.15) is 0 Å². The average molecular weight is 251 g/mol. The van der Waals surface area contributed by atoms with Crippen LogP contribution in [0, 0.1) is 5.82 Å². The summed E-state index contributed by atoms with van der Waals surface area (Å²) in [5.74, 6) is -0.378. The van der Waals surface area contributed by atoms with Gasteiger partial charge in [-0.25, -0.2) is 4.39 Å². The maximum atomic E-state index is 13.1. The molecule has 18 heavy (non-hydrogen) atoms. The van der Waals surface area contributed by atoms with E-state index < -0.39 is 6.04 Å². The first-order valence-electron chi connectivity index (χ1n) is 6.13. The van der Waals surface area contributed by atoms with Crippen LogP contribution in [0.25, 0.3) is 0 Å². The third-order valence-corrected chi connectivity index (χ3v) is 3.12. The van der Waals surface area contributed by atoms with Crippen LogP contribution in [0.4, 0.5) is 10.1 Å². The van der Waals surface area contributed by atoms with Crippen LogP contribution in [-0.2, 0) is 4.79 Å². The lowest BCUT2D eigenvalue weighted by Gasteiger charge is -2.19. The Morgan fingerprint density at radius 1 is 1.61 bits per heavy atom. The molecule has 2 rings (SSSR count). The molecule has 98 valence electrons. The molecule has 0 bridgehead atoms. The molecule has 4 nitrogen and oxygen atoms in total. The van der Waals surface area contributed by atoms with Crippen molar-refractivity contribution in [2.45, 2.75) is 25.4 Å². The molecule has 2 atom stereocenters. The Kier molecular flexibility index (Phi) is 3.81. The van der Waals surface area contributed by atoms with Crippen LogP contribution >= 0.6 is 0 Å². The molecule has 1 fully saturated rings. The van der Waals surface area contributed by atoms with Gasteiger partial charge in [0.25, 0.3) is 0 Å². The van der Waals surface area contributed by atoms with Gasteiger partial charge in [-0.15, -0.1) is 0 Å². The zero-order chi connectivity index (χ0) is 13.1. The van der Waals surface area contributed by atoms with Crippen LogP contribution < -0.4 is 16.0 Å². The van der Waals surface area contributed by atoms with Crippen LogP contribution in [0.3, 0.4) is 0 Å². The summed E-state index contributed by atoms with van der Waals surface area (Å²) >= 11 is 0. The topological polar surface area (TPSA) is 58.4 Å². The summed E-state index contributed by atoms with van der Waals surface area (Å²) < 4.78 is 13.1. The van der Waals surface area contributed by atoms with Crippen molar-refractivity contribution >= 4 is 11.6 Å². The minimum Gasteiger partial charge on any atom is -0.369 e. The summed E-state index contributed by atoms with van der Waals surface area (Å²) in [4.78, 5) is 13.5. The van der Waals surface area contributed by atoms with Gasteiger partial charge in [-0.3, -0.25) is 4.79 Å². The minimum atomic E-state index is -0.492. The molecular formula is C13H18FN3O. The number of benzene rings is 1. The molecule has 1 aromatic carbocycles. The van der Waals surface area contributed by atoms with Gasteiger partial charge < -0.3 is 16.0 Å². The second kappa shape index (κ2) is 5.35. The maximum Gasteiger partial charge on any atom is 0.236 e. The molecule has 3 N–H and O–H groups in total. The van der Waals surface area contributed by atoms with Gasteiger partial charge in [0.2, 0.25) is 5.91 Å². The van der Waals surface area contributed by atoms with Crippen molar-refractivity contribution < 1.29 is 9.18 Å². The van der Waals surface area contributed by atoms with Gasteiger partial charge >= 0.3 is 0 Å². The summed E-state index contributed by atoms with van der Waals surface area (Å²) in [6, 6.07) is 6.10. The van der Waals surface area contributed by atoms with E-state index in [2.05, 4.69) is 10.2 Å². The van der Waals surface area contributed by atoms with Gasteiger partial charge in [0.05, 0.1) is 6.04 Å². The first kappa shape index (κ1) is 12.8. The summed E-state index contributed by atoms with van der Waals surface area (Å²) in [6.45, 7) is 3.17. The van der Waals surface area contributed by atoms with Crippen molar-refractivity contribution in [3.63, 3.8) is 0 Å². The van der Waals surface area contributed by atoms with E-state index in [-0.39, 0.29) is 17.8 Å². The number of rotatable bonds is 3. The van der Waals surface area contributed by atoms with Crippen molar-refractivity contribution in [1.29, 1.82) is 0 Å². The molecule has 1 heterocycles. The van der Waals surface area contributed by atoms with Gasteiger partial charge in [0.15, 0.2) is 0 Å². The number of hydrogen-bond donors (Lipinski definition) is 2.